The molecule has 0 atom stereocenters. The summed E-state index contributed by atoms with van der Waals surface area (Å²) < 4.78 is 11.4. The van der Waals surface area contributed by atoms with Crippen molar-refractivity contribution in [1.29, 1.82) is 0 Å². The van der Waals surface area contributed by atoms with Gasteiger partial charge in [-0.05, 0) is 41.0 Å². The summed E-state index contributed by atoms with van der Waals surface area (Å²) in [4.78, 5) is 0. The molecule has 3 aromatic carbocycles. The van der Waals surface area contributed by atoms with Crippen LogP contribution in [0.5, 0.6) is 11.5 Å². The van der Waals surface area contributed by atoms with E-state index in [2.05, 4.69) is 17.4 Å². The minimum absolute atomic E-state index is 0.304. The number of halogens is 3. The van der Waals surface area contributed by atoms with Gasteiger partial charge in [0.05, 0.1) is 22.2 Å². The number of hydrogen-bond donors (Lipinski definition) is 1. The lowest BCUT2D eigenvalue weighted by molar-refractivity contribution is 0.284. The average molecular weight is 437 g/mol. The summed E-state index contributed by atoms with van der Waals surface area (Å²) >= 11 is 18.5. The summed E-state index contributed by atoms with van der Waals surface area (Å²) in [7, 11) is 1.60. The maximum absolute atomic E-state index is 6.45. The molecule has 28 heavy (non-hydrogen) atoms. The molecule has 0 unspecified atom stereocenters. The van der Waals surface area contributed by atoms with Crippen LogP contribution in [0.2, 0.25) is 15.1 Å². The Morgan fingerprint density at radius 3 is 2.18 bits per heavy atom. The molecule has 0 aliphatic heterocycles. The van der Waals surface area contributed by atoms with Crippen LogP contribution in [0.3, 0.4) is 0 Å². The second-order valence-corrected chi connectivity index (χ2v) is 7.46. The van der Waals surface area contributed by atoms with Gasteiger partial charge in [-0.25, -0.2) is 0 Å². The Hall–Kier alpha value is -1.91. The summed E-state index contributed by atoms with van der Waals surface area (Å²) in [5.41, 5.74) is 3.13. The number of ether oxygens (including phenoxy) is 2. The van der Waals surface area contributed by atoms with E-state index in [9.17, 15) is 0 Å². The van der Waals surface area contributed by atoms with Crippen LogP contribution in [0.4, 0.5) is 0 Å². The molecule has 3 rings (SSSR count). The average Bonchev–Trinajstić information content (AvgIpc) is 2.70. The van der Waals surface area contributed by atoms with Gasteiger partial charge in [0, 0.05) is 13.1 Å². The third kappa shape index (κ3) is 5.55. The minimum atomic E-state index is 0.304. The fourth-order valence-corrected chi connectivity index (χ4v) is 3.36. The van der Waals surface area contributed by atoms with Gasteiger partial charge >= 0.3 is 0 Å². The van der Waals surface area contributed by atoms with Gasteiger partial charge in [-0.3, -0.25) is 0 Å². The number of benzene rings is 3. The van der Waals surface area contributed by atoms with E-state index in [-0.39, 0.29) is 0 Å². The fraction of sp³-hybridized carbons (Fsp3) is 0.182. The van der Waals surface area contributed by atoms with Crippen molar-refractivity contribution in [2.45, 2.75) is 19.7 Å². The molecule has 146 valence electrons. The van der Waals surface area contributed by atoms with Crippen LogP contribution >= 0.6 is 34.8 Å². The topological polar surface area (TPSA) is 30.5 Å². The lowest BCUT2D eigenvalue weighted by Gasteiger charge is -2.15. The van der Waals surface area contributed by atoms with Crippen molar-refractivity contribution in [1.82, 2.24) is 5.32 Å². The number of methoxy groups -OCH3 is 1. The Morgan fingerprint density at radius 1 is 0.750 bits per heavy atom. The highest BCUT2D eigenvalue weighted by Crippen LogP contribution is 2.37. The third-order valence-electron chi connectivity index (χ3n) is 4.16. The molecular formula is C22H20Cl3NO2. The molecule has 0 aromatic heterocycles. The highest BCUT2D eigenvalue weighted by atomic mass is 35.5. The molecule has 0 aliphatic carbocycles. The van der Waals surface area contributed by atoms with Gasteiger partial charge < -0.3 is 14.8 Å². The first-order chi connectivity index (χ1) is 13.6. The Bertz CT molecular complexity index is 933. The van der Waals surface area contributed by atoms with Gasteiger partial charge in [0.25, 0.3) is 0 Å². The quantitative estimate of drug-likeness (QED) is 0.436. The van der Waals surface area contributed by atoms with Crippen molar-refractivity contribution in [2.75, 3.05) is 7.11 Å². The molecule has 0 amide bonds. The Morgan fingerprint density at radius 2 is 1.46 bits per heavy atom. The standard InChI is InChI=1S/C22H20Cl3NO2/c1-27-21-11-17(13-26-12-15-5-3-2-4-6-15)10-20(25)22(21)28-14-16-7-8-18(23)19(24)9-16/h2-11,26H,12-14H2,1H3. The van der Waals surface area contributed by atoms with E-state index in [1.807, 2.05) is 36.4 Å². The highest BCUT2D eigenvalue weighted by Gasteiger charge is 2.13. The van der Waals surface area contributed by atoms with Crippen molar-refractivity contribution in [2.24, 2.45) is 0 Å². The normalized spacial score (nSPS) is 10.7. The van der Waals surface area contributed by atoms with Crippen LogP contribution in [-0.2, 0) is 19.7 Å². The summed E-state index contributed by atoms with van der Waals surface area (Å²) in [5, 5.41) is 4.89. The number of hydrogen-bond acceptors (Lipinski definition) is 3. The van der Waals surface area contributed by atoms with Crippen molar-refractivity contribution in [3.8, 4) is 11.5 Å². The first-order valence-corrected chi connectivity index (χ1v) is 9.88. The highest BCUT2D eigenvalue weighted by molar-refractivity contribution is 6.42. The predicted octanol–water partition coefficient (Wildman–Crippen LogP) is 6.52. The summed E-state index contributed by atoms with van der Waals surface area (Å²) in [6, 6.07) is 19.4. The molecule has 3 nitrogen and oxygen atoms in total. The zero-order valence-electron chi connectivity index (χ0n) is 15.3. The van der Waals surface area contributed by atoms with E-state index in [0.29, 0.717) is 39.7 Å². The second kappa shape index (κ2) is 10.0. The van der Waals surface area contributed by atoms with Crippen LogP contribution < -0.4 is 14.8 Å². The molecule has 0 bridgehead atoms. The molecule has 0 heterocycles. The van der Waals surface area contributed by atoms with E-state index in [1.165, 1.54) is 5.56 Å². The molecule has 6 heteroatoms. The molecule has 0 radical (unpaired) electrons. The van der Waals surface area contributed by atoms with Gasteiger partial charge in [0.1, 0.15) is 6.61 Å². The zero-order valence-corrected chi connectivity index (χ0v) is 17.6. The van der Waals surface area contributed by atoms with Gasteiger partial charge in [-0.1, -0.05) is 71.2 Å². The first-order valence-electron chi connectivity index (χ1n) is 8.74. The summed E-state index contributed by atoms with van der Waals surface area (Å²) in [6.07, 6.45) is 0. The maximum atomic E-state index is 6.45. The maximum Gasteiger partial charge on any atom is 0.180 e. The zero-order chi connectivity index (χ0) is 19.9. The SMILES string of the molecule is COc1cc(CNCc2ccccc2)cc(Cl)c1OCc1ccc(Cl)c(Cl)c1. The number of nitrogens with one attached hydrogen (secondary N) is 1. The van der Waals surface area contributed by atoms with Crippen molar-refractivity contribution < 1.29 is 9.47 Å². The van der Waals surface area contributed by atoms with Crippen LogP contribution in [0.15, 0.2) is 60.7 Å². The fourth-order valence-electron chi connectivity index (χ4n) is 2.75. The van der Waals surface area contributed by atoms with E-state index in [0.717, 1.165) is 17.7 Å². The lowest BCUT2D eigenvalue weighted by Crippen LogP contribution is -2.12. The largest absolute Gasteiger partial charge is 0.493 e. The first kappa shape index (κ1) is 20.8. The lowest BCUT2D eigenvalue weighted by atomic mass is 10.1. The third-order valence-corrected chi connectivity index (χ3v) is 5.18. The molecular weight excluding hydrogens is 417 g/mol. The van der Waals surface area contributed by atoms with Crippen molar-refractivity contribution in [3.05, 3.63) is 92.4 Å². The molecule has 0 fully saturated rings. The van der Waals surface area contributed by atoms with Gasteiger partial charge in [0.2, 0.25) is 0 Å². The summed E-state index contributed by atoms with van der Waals surface area (Å²) in [6.45, 7) is 1.74. The minimum Gasteiger partial charge on any atom is -0.493 e. The van der Waals surface area contributed by atoms with Crippen LogP contribution in [0.25, 0.3) is 0 Å². The molecule has 0 saturated carbocycles. The van der Waals surface area contributed by atoms with Crippen molar-refractivity contribution >= 4 is 34.8 Å². The van der Waals surface area contributed by atoms with Crippen molar-refractivity contribution in [3.63, 3.8) is 0 Å². The van der Waals surface area contributed by atoms with E-state index >= 15 is 0 Å². The monoisotopic (exact) mass is 435 g/mol. The van der Waals surface area contributed by atoms with Crippen LogP contribution in [0.1, 0.15) is 16.7 Å². The second-order valence-electron chi connectivity index (χ2n) is 6.24. The predicted molar refractivity (Wildman–Crippen MR) is 116 cm³/mol. The van der Waals surface area contributed by atoms with Gasteiger partial charge in [-0.2, -0.15) is 0 Å². The Kier molecular flexibility index (Phi) is 7.46. The molecule has 0 spiro atoms. The van der Waals surface area contributed by atoms with E-state index in [4.69, 9.17) is 44.3 Å². The van der Waals surface area contributed by atoms with Crippen LogP contribution in [-0.4, -0.2) is 7.11 Å². The van der Waals surface area contributed by atoms with Gasteiger partial charge in [0.15, 0.2) is 11.5 Å². The molecule has 1 N–H and O–H groups in total. The van der Waals surface area contributed by atoms with Crippen LogP contribution in [0, 0.1) is 0 Å². The Labute approximate surface area is 180 Å². The Balaban J connectivity index is 1.66. The molecule has 0 saturated heterocycles. The number of rotatable bonds is 8. The smallest absolute Gasteiger partial charge is 0.180 e. The molecule has 0 aliphatic rings. The van der Waals surface area contributed by atoms with E-state index < -0.39 is 0 Å². The van der Waals surface area contributed by atoms with Gasteiger partial charge in [-0.15, -0.1) is 0 Å². The van der Waals surface area contributed by atoms with E-state index in [1.54, 1.807) is 19.2 Å². The summed E-state index contributed by atoms with van der Waals surface area (Å²) in [5.74, 6) is 1.09. The molecule has 3 aromatic rings.